The topological polar surface area (TPSA) is 33.2 Å². The zero-order valence-electron chi connectivity index (χ0n) is 12.3. The number of halogens is 1. The summed E-state index contributed by atoms with van der Waals surface area (Å²) in [5.74, 6) is 0.695. The first-order valence-corrected chi connectivity index (χ1v) is 8.30. The summed E-state index contributed by atoms with van der Waals surface area (Å²) < 4.78 is 0.721. The molecule has 0 unspecified atom stereocenters. The minimum absolute atomic E-state index is 0.0823. The molecule has 1 heterocycles. The molecule has 0 bridgehead atoms. The molecule has 0 atom stereocenters. The van der Waals surface area contributed by atoms with E-state index in [0.717, 1.165) is 30.4 Å². The third kappa shape index (κ3) is 4.05. The van der Waals surface area contributed by atoms with E-state index in [1.165, 1.54) is 12.8 Å². The summed E-state index contributed by atoms with van der Waals surface area (Å²) >= 11 is 3.34. The number of carbonyl (C=O) groups excluding carboxylic acids is 1. The van der Waals surface area contributed by atoms with Crippen molar-refractivity contribution < 1.29 is 4.79 Å². The lowest BCUT2D eigenvalue weighted by Crippen LogP contribution is -2.40. The third-order valence-corrected chi connectivity index (χ3v) is 4.35. The van der Waals surface area contributed by atoms with Crippen LogP contribution in [0.15, 0.2) is 22.8 Å². The fraction of sp³-hybridized carbons (Fsp3) is 0.625. The van der Waals surface area contributed by atoms with Crippen molar-refractivity contribution in [1.29, 1.82) is 0 Å². The van der Waals surface area contributed by atoms with Crippen molar-refractivity contribution in [3.63, 3.8) is 0 Å². The van der Waals surface area contributed by atoms with Gasteiger partial charge in [0.25, 0.3) is 5.91 Å². The van der Waals surface area contributed by atoms with Gasteiger partial charge >= 0.3 is 0 Å². The Balaban J connectivity index is 2.14. The fourth-order valence-corrected chi connectivity index (χ4v) is 3.08. The van der Waals surface area contributed by atoms with Gasteiger partial charge in [-0.2, -0.15) is 0 Å². The fourth-order valence-electron chi connectivity index (χ4n) is 2.74. The molecule has 20 heavy (non-hydrogen) atoms. The molecule has 1 amide bonds. The molecule has 1 aliphatic carbocycles. The Kier molecular flexibility index (Phi) is 5.58. The summed E-state index contributed by atoms with van der Waals surface area (Å²) in [6.45, 7) is 5.25. The van der Waals surface area contributed by atoms with Crippen molar-refractivity contribution in [2.75, 3.05) is 6.54 Å². The van der Waals surface area contributed by atoms with E-state index in [4.69, 9.17) is 0 Å². The highest BCUT2D eigenvalue weighted by molar-refractivity contribution is 9.10. The van der Waals surface area contributed by atoms with Gasteiger partial charge in [-0.05, 0) is 53.2 Å². The summed E-state index contributed by atoms with van der Waals surface area (Å²) in [6, 6.07) is 5.94. The lowest BCUT2D eigenvalue weighted by molar-refractivity contribution is 0.0665. The average molecular weight is 339 g/mol. The Hall–Kier alpha value is -0.900. The SMILES string of the molecule is CC(C)CCN(C(=O)c1cccc(Br)n1)C1CCCC1. The molecule has 110 valence electrons. The van der Waals surface area contributed by atoms with E-state index >= 15 is 0 Å². The van der Waals surface area contributed by atoms with Gasteiger partial charge in [0.2, 0.25) is 0 Å². The van der Waals surface area contributed by atoms with Gasteiger partial charge in [-0.1, -0.05) is 32.8 Å². The maximum Gasteiger partial charge on any atom is 0.272 e. The number of hydrogen-bond donors (Lipinski definition) is 0. The smallest absolute Gasteiger partial charge is 0.272 e. The lowest BCUT2D eigenvalue weighted by atomic mass is 10.1. The summed E-state index contributed by atoms with van der Waals surface area (Å²) in [5.41, 5.74) is 0.551. The summed E-state index contributed by atoms with van der Waals surface area (Å²) in [6.07, 6.45) is 5.80. The van der Waals surface area contributed by atoms with Crippen LogP contribution in [0.3, 0.4) is 0 Å². The van der Waals surface area contributed by atoms with Crippen molar-refractivity contribution >= 4 is 21.8 Å². The van der Waals surface area contributed by atoms with Crippen molar-refractivity contribution in [2.45, 2.75) is 52.0 Å². The standard InChI is InChI=1S/C16H23BrN2O/c1-12(2)10-11-19(13-6-3-4-7-13)16(20)14-8-5-9-15(17)18-14/h5,8-9,12-13H,3-4,6-7,10-11H2,1-2H3. The van der Waals surface area contributed by atoms with E-state index in [-0.39, 0.29) is 5.91 Å². The molecular weight excluding hydrogens is 316 g/mol. The molecule has 2 rings (SSSR count). The quantitative estimate of drug-likeness (QED) is 0.751. The Morgan fingerprint density at radius 3 is 2.70 bits per heavy atom. The zero-order valence-corrected chi connectivity index (χ0v) is 13.9. The van der Waals surface area contributed by atoms with Crippen LogP contribution in [0.4, 0.5) is 0 Å². The molecule has 0 saturated heterocycles. The largest absolute Gasteiger partial charge is 0.334 e. The number of aromatic nitrogens is 1. The second kappa shape index (κ2) is 7.21. The number of carbonyl (C=O) groups is 1. The summed E-state index contributed by atoms with van der Waals surface area (Å²) in [7, 11) is 0. The molecule has 1 saturated carbocycles. The van der Waals surface area contributed by atoms with Crippen LogP contribution in [0.25, 0.3) is 0 Å². The molecule has 0 N–H and O–H groups in total. The first-order valence-electron chi connectivity index (χ1n) is 7.51. The minimum Gasteiger partial charge on any atom is -0.334 e. The molecule has 1 aliphatic rings. The van der Waals surface area contributed by atoms with E-state index in [2.05, 4.69) is 39.7 Å². The van der Waals surface area contributed by atoms with Crippen molar-refractivity contribution in [2.24, 2.45) is 5.92 Å². The van der Waals surface area contributed by atoms with E-state index in [1.54, 1.807) is 0 Å². The predicted molar refractivity (Wildman–Crippen MR) is 84.7 cm³/mol. The van der Waals surface area contributed by atoms with Gasteiger partial charge < -0.3 is 4.90 Å². The maximum absolute atomic E-state index is 12.7. The second-order valence-corrected chi connectivity index (χ2v) is 6.78. The maximum atomic E-state index is 12.7. The van der Waals surface area contributed by atoms with Crippen molar-refractivity contribution in [1.82, 2.24) is 9.88 Å². The van der Waals surface area contributed by atoms with Crippen molar-refractivity contribution in [3.05, 3.63) is 28.5 Å². The highest BCUT2D eigenvalue weighted by Crippen LogP contribution is 2.25. The Bertz CT molecular complexity index is 456. The number of nitrogens with zero attached hydrogens (tertiary/aromatic N) is 2. The highest BCUT2D eigenvalue weighted by atomic mass is 79.9. The Morgan fingerprint density at radius 1 is 1.40 bits per heavy atom. The Morgan fingerprint density at radius 2 is 2.10 bits per heavy atom. The molecule has 1 fully saturated rings. The molecular formula is C16H23BrN2O. The van der Waals surface area contributed by atoms with Gasteiger partial charge in [-0.25, -0.2) is 4.98 Å². The van der Waals surface area contributed by atoms with Crippen LogP contribution in [-0.2, 0) is 0 Å². The predicted octanol–water partition coefficient (Wildman–Crippen LogP) is 4.28. The van der Waals surface area contributed by atoms with Crippen LogP contribution in [0, 0.1) is 5.92 Å². The highest BCUT2D eigenvalue weighted by Gasteiger charge is 2.27. The average Bonchev–Trinajstić information content (AvgIpc) is 2.92. The number of rotatable bonds is 5. The van der Waals surface area contributed by atoms with Crippen LogP contribution in [0.2, 0.25) is 0 Å². The van der Waals surface area contributed by atoms with Crippen LogP contribution in [-0.4, -0.2) is 28.4 Å². The van der Waals surface area contributed by atoms with E-state index in [0.29, 0.717) is 17.7 Å². The van der Waals surface area contributed by atoms with Gasteiger partial charge in [0.1, 0.15) is 10.3 Å². The molecule has 4 heteroatoms. The first-order chi connectivity index (χ1) is 9.58. The van der Waals surface area contributed by atoms with Crippen LogP contribution < -0.4 is 0 Å². The van der Waals surface area contributed by atoms with E-state index in [9.17, 15) is 4.79 Å². The molecule has 1 aromatic rings. The van der Waals surface area contributed by atoms with E-state index < -0.39 is 0 Å². The summed E-state index contributed by atoms with van der Waals surface area (Å²) in [5, 5.41) is 0. The third-order valence-electron chi connectivity index (χ3n) is 3.91. The molecule has 0 radical (unpaired) electrons. The van der Waals surface area contributed by atoms with Gasteiger partial charge in [0.05, 0.1) is 0 Å². The number of amides is 1. The van der Waals surface area contributed by atoms with Gasteiger partial charge in [0.15, 0.2) is 0 Å². The lowest BCUT2D eigenvalue weighted by Gasteiger charge is -2.29. The van der Waals surface area contributed by atoms with Gasteiger partial charge in [-0.15, -0.1) is 0 Å². The van der Waals surface area contributed by atoms with Crippen LogP contribution in [0.1, 0.15) is 56.4 Å². The number of hydrogen-bond acceptors (Lipinski definition) is 2. The molecule has 0 aliphatic heterocycles. The minimum atomic E-state index is 0.0823. The van der Waals surface area contributed by atoms with Gasteiger partial charge in [0, 0.05) is 12.6 Å². The summed E-state index contributed by atoms with van der Waals surface area (Å²) in [4.78, 5) is 19.1. The molecule has 0 spiro atoms. The zero-order chi connectivity index (χ0) is 14.5. The first kappa shape index (κ1) is 15.5. The molecule has 1 aromatic heterocycles. The normalized spacial score (nSPS) is 15.8. The van der Waals surface area contributed by atoms with Gasteiger partial charge in [-0.3, -0.25) is 4.79 Å². The molecule has 0 aromatic carbocycles. The van der Waals surface area contributed by atoms with Crippen LogP contribution >= 0.6 is 15.9 Å². The van der Waals surface area contributed by atoms with Crippen LogP contribution in [0.5, 0.6) is 0 Å². The second-order valence-electron chi connectivity index (χ2n) is 5.96. The van der Waals surface area contributed by atoms with Crippen molar-refractivity contribution in [3.8, 4) is 0 Å². The molecule has 3 nitrogen and oxygen atoms in total. The number of pyridine rings is 1. The Labute approximate surface area is 129 Å². The monoisotopic (exact) mass is 338 g/mol. The van der Waals surface area contributed by atoms with E-state index in [1.807, 2.05) is 18.2 Å².